The fourth-order valence-corrected chi connectivity index (χ4v) is 4.84. The molecule has 0 aliphatic carbocycles. The Hall–Kier alpha value is -2.22. The van der Waals surface area contributed by atoms with Crippen LogP contribution in [0.15, 0.2) is 35.7 Å². The van der Waals surface area contributed by atoms with E-state index in [1.165, 1.54) is 4.88 Å². The molecular weight excluding hydrogens is 386 g/mol. The standard InChI is InChI=1S/C22H27N3O3S/c1-16(26)25-9-8-17-12-18(6-7-21(17)25)23-22(27)15-24(13-19-4-2-10-28-19)14-20-5-3-11-29-20/h3,5-7,11-12,19H,2,4,8-10,13-15H2,1H3,(H,23,27). The molecule has 0 saturated carbocycles. The van der Waals surface area contributed by atoms with E-state index in [4.69, 9.17) is 4.74 Å². The van der Waals surface area contributed by atoms with Crippen molar-refractivity contribution >= 4 is 34.5 Å². The molecule has 1 fully saturated rings. The fourth-order valence-electron chi connectivity index (χ4n) is 4.09. The molecule has 1 atom stereocenters. The summed E-state index contributed by atoms with van der Waals surface area (Å²) in [4.78, 5) is 29.6. The number of carbonyl (C=O) groups is 2. The molecule has 6 nitrogen and oxygen atoms in total. The summed E-state index contributed by atoms with van der Waals surface area (Å²) >= 11 is 1.71. The number of nitrogens with one attached hydrogen (secondary N) is 1. The van der Waals surface area contributed by atoms with Crippen molar-refractivity contribution in [3.05, 3.63) is 46.2 Å². The Balaban J connectivity index is 1.39. The Morgan fingerprint density at radius 2 is 2.24 bits per heavy atom. The minimum atomic E-state index is -0.0269. The lowest BCUT2D eigenvalue weighted by atomic mass is 10.1. The van der Waals surface area contributed by atoms with Gasteiger partial charge in [-0.2, -0.15) is 0 Å². The average molecular weight is 414 g/mol. The monoisotopic (exact) mass is 413 g/mol. The van der Waals surface area contributed by atoms with Crippen LogP contribution in [0.3, 0.4) is 0 Å². The molecule has 1 N–H and O–H groups in total. The number of hydrogen-bond donors (Lipinski definition) is 1. The van der Waals surface area contributed by atoms with Crippen LogP contribution >= 0.6 is 11.3 Å². The molecular formula is C22H27N3O3S. The lowest BCUT2D eigenvalue weighted by Crippen LogP contribution is -2.37. The van der Waals surface area contributed by atoms with Gasteiger partial charge in [0.15, 0.2) is 0 Å². The summed E-state index contributed by atoms with van der Waals surface area (Å²) in [5.74, 6) is 0.0276. The van der Waals surface area contributed by atoms with E-state index in [0.29, 0.717) is 13.1 Å². The maximum Gasteiger partial charge on any atom is 0.238 e. The van der Waals surface area contributed by atoms with Crippen molar-refractivity contribution in [1.29, 1.82) is 0 Å². The van der Waals surface area contributed by atoms with Crippen molar-refractivity contribution in [3.63, 3.8) is 0 Å². The van der Waals surface area contributed by atoms with Crippen molar-refractivity contribution in [3.8, 4) is 0 Å². The number of carbonyl (C=O) groups excluding carboxylic acids is 2. The molecule has 0 bridgehead atoms. The van der Waals surface area contributed by atoms with Crippen LogP contribution in [0, 0.1) is 0 Å². The first-order chi connectivity index (χ1) is 14.1. The molecule has 1 aromatic carbocycles. The second-order valence-corrected chi connectivity index (χ2v) is 8.73. The Bertz CT molecular complexity index is 862. The summed E-state index contributed by atoms with van der Waals surface area (Å²) < 4.78 is 5.78. The number of hydrogen-bond acceptors (Lipinski definition) is 5. The molecule has 1 saturated heterocycles. The van der Waals surface area contributed by atoms with E-state index in [1.54, 1.807) is 23.2 Å². The summed E-state index contributed by atoms with van der Waals surface area (Å²) in [7, 11) is 0. The zero-order valence-electron chi connectivity index (χ0n) is 16.7. The number of fused-ring (bicyclic) bond motifs is 1. The van der Waals surface area contributed by atoms with Crippen molar-refractivity contribution in [2.75, 3.05) is 36.5 Å². The van der Waals surface area contributed by atoms with Crippen LogP contribution in [0.4, 0.5) is 11.4 Å². The van der Waals surface area contributed by atoms with Crippen LogP contribution < -0.4 is 10.2 Å². The third kappa shape index (κ3) is 5.04. The number of anilines is 2. The van der Waals surface area contributed by atoms with Crippen LogP contribution in [0.25, 0.3) is 0 Å². The minimum absolute atomic E-state index is 0.0269. The van der Waals surface area contributed by atoms with Crippen LogP contribution in [-0.2, 0) is 27.3 Å². The molecule has 2 aliphatic rings. The maximum absolute atomic E-state index is 12.7. The minimum Gasteiger partial charge on any atom is -0.377 e. The molecule has 2 amide bonds. The number of benzene rings is 1. The van der Waals surface area contributed by atoms with Crippen molar-refractivity contribution in [2.45, 2.75) is 38.8 Å². The zero-order chi connectivity index (χ0) is 20.2. The highest BCUT2D eigenvalue weighted by atomic mass is 32.1. The van der Waals surface area contributed by atoms with Gasteiger partial charge in [0.25, 0.3) is 0 Å². The first-order valence-electron chi connectivity index (χ1n) is 10.2. The van der Waals surface area contributed by atoms with Gasteiger partial charge in [0.05, 0.1) is 12.6 Å². The fraction of sp³-hybridized carbons (Fsp3) is 0.455. The Kier molecular flexibility index (Phi) is 6.28. The van der Waals surface area contributed by atoms with E-state index in [9.17, 15) is 9.59 Å². The molecule has 4 rings (SSSR count). The number of rotatable bonds is 7. The molecule has 1 aromatic heterocycles. The van der Waals surface area contributed by atoms with Crippen molar-refractivity contribution < 1.29 is 14.3 Å². The van der Waals surface area contributed by atoms with E-state index in [0.717, 1.165) is 55.9 Å². The lowest BCUT2D eigenvalue weighted by molar-refractivity contribution is -0.118. The van der Waals surface area contributed by atoms with Gasteiger partial charge in [0.1, 0.15) is 0 Å². The van der Waals surface area contributed by atoms with Gasteiger partial charge in [-0.3, -0.25) is 14.5 Å². The van der Waals surface area contributed by atoms with Gasteiger partial charge in [-0.25, -0.2) is 0 Å². The van der Waals surface area contributed by atoms with Crippen LogP contribution in [0.2, 0.25) is 0 Å². The van der Waals surface area contributed by atoms with E-state index in [2.05, 4.69) is 21.7 Å². The predicted molar refractivity (Wildman–Crippen MR) is 115 cm³/mol. The zero-order valence-corrected chi connectivity index (χ0v) is 17.5. The Morgan fingerprint density at radius 1 is 1.34 bits per heavy atom. The molecule has 0 radical (unpaired) electrons. The van der Waals surface area contributed by atoms with Crippen LogP contribution in [0.5, 0.6) is 0 Å². The summed E-state index contributed by atoms with van der Waals surface area (Å²) in [6.07, 6.45) is 3.18. The molecule has 3 heterocycles. The number of amides is 2. The number of thiophene rings is 1. The summed E-state index contributed by atoms with van der Waals surface area (Å²) in [6.45, 7) is 4.95. The van der Waals surface area contributed by atoms with Gasteiger partial charge in [0.2, 0.25) is 11.8 Å². The highest BCUT2D eigenvalue weighted by molar-refractivity contribution is 7.09. The Labute approximate surface area is 175 Å². The topological polar surface area (TPSA) is 61.9 Å². The largest absolute Gasteiger partial charge is 0.377 e. The summed E-state index contributed by atoms with van der Waals surface area (Å²) in [6, 6.07) is 9.93. The van der Waals surface area contributed by atoms with Crippen molar-refractivity contribution in [2.24, 2.45) is 0 Å². The van der Waals surface area contributed by atoms with Gasteiger partial charge in [-0.05, 0) is 54.5 Å². The van der Waals surface area contributed by atoms with E-state index in [1.807, 2.05) is 24.3 Å². The molecule has 2 aliphatic heterocycles. The SMILES string of the molecule is CC(=O)N1CCc2cc(NC(=O)CN(Cc3cccs3)CC3CCCO3)ccc21. The van der Waals surface area contributed by atoms with E-state index >= 15 is 0 Å². The van der Waals surface area contributed by atoms with Gasteiger partial charge in [0, 0.05) is 49.4 Å². The third-order valence-corrected chi connectivity index (χ3v) is 6.31. The van der Waals surface area contributed by atoms with E-state index < -0.39 is 0 Å². The molecule has 29 heavy (non-hydrogen) atoms. The van der Waals surface area contributed by atoms with E-state index in [-0.39, 0.29) is 17.9 Å². The first kappa shape index (κ1) is 20.1. The molecule has 7 heteroatoms. The highest BCUT2D eigenvalue weighted by Crippen LogP contribution is 2.30. The number of nitrogens with zero attached hydrogens (tertiary/aromatic N) is 2. The first-order valence-corrected chi connectivity index (χ1v) is 11.0. The van der Waals surface area contributed by atoms with Gasteiger partial charge >= 0.3 is 0 Å². The molecule has 2 aromatic rings. The molecule has 1 unspecified atom stereocenters. The lowest BCUT2D eigenvalue weighted by Gasteiger charge is -2.24. The third-order valence-electron chi connectivity index (χ3n) is 5.45. The molecule has 0 spiro atoms. The number of ether oxygens (including phenoxy) is 1. The van der Waals surface area contributed by atoms with Crippen LogP contribution in [-0.4, -0.2) is 49.1 Å². The van der Waals surface area contributed by atoms with Crippen LogP contribution in [0.1, 0.15) is 30.2 Å². The average Bonchev–Trinajstić information content (AvgIpc) is 3.42. The smallest absolute Gasteiger partial charge is 0.238 e. The highest BCUT2D eigenvalue weighted by Gasteiger charge is 2.24. The quantitative estimate of drug-likeness (QED) is 0.757. The normalized spacial score (nSPS) is 18.3. The second kappa shape index (κ2) is 9.07. The molecule has 154 valence electrons. The van der Waals surface area contributed by atoms with Gasteiger partial charge in [-0.15, -0.1) is 11.3 Å². The maximum atomic E-state index is 12.7. The second-order valence-electron chi connectivity index (χ2n) is 7.70. The predicted octanol–water partition coefficient (Wildman–Crippen LogP) is 3.28. The Morgan fingerprint density at radius 3 is 2.97 bits per heavy atom. The summed E-state index contributed by atoms with van der Waals surface area (Å²) in [5.41, 5.74) is 2.84. The van der Waals surface area contributed by atoms with Gasteiger partial charge in [-0.1, -0.05) is 6.07 Å². The van der Waals surface area contributed by atoms with Crippen molar-refractivity contribution in [1.82, 2.24) is 4.90 Å². The van der Waals surface area contributed by atoms with Gasteiger partial charge < -0.3 is 15.0 Å². The summed E-state index contributed by atoms with van der Waals surface area (Å²) in [5, 5.41) is 5.09.